The second kappa shape index (κ2) is 14.8. The molecule has 0 aliphatic carbocycles. The number of amides is 2. The zero-order valence-corrected chi connectivity index (χ0v) is 28.5. The van der Waals surface area contributed by atoms with E-state index in [9.17, 15) is 19.1 Å². The number of benzene rings is 4. The molecule has 4 atom stereocenters. The van der Waals surface area contributed by atoms with Crippen molar-refractivity contribution < 1.29 is 18.0 Å². The van der Waals surface area contributed by atoms with Crippen LogP contribution in [0.2, 0.25) is 20.1 Å². The molecule has 14 heteroatoms. The van der Waals surface area contributed by atoms with Gasteiger partial charge in [0.25, 0.3) is 5.91 Å². The van der Waals surface area contributed by atoms with E-state index >= 15 is 0 Å². The third-order valence-electron chi connectivity index (χ3n) is 7.12. The lowest BCUT2D eigenvalue weighted by molar-refractivity contribution is -0.120. The third-order valence-corrected chi connectivity index (χ3v) is 9.41. The first kappa shape index (κ1) is 34.2. The number of nitrogens with one attached hydrogen (secondary N) is 2. The number of aryl methyl sites for hydroxylation is 1. The number of hydrogen-bond donors (Lipinski definition) is 2. The van der Waals surface area contributed by atoms with Gasteiger partial charge < -0.3 is 9.50 Å². The molecular formula is C33H25Cl4N5O4S. The number of hydrazine groups is 1. The molecule has 0 spiro atoms. The van der Waals surface area contributed by atoms with Gasteiger partial charge in [0, 0.05) is 23.6 Å². The highest BCUT2D eigenvalue weighted by Crippen LogP contribution is 2.43. The number of carbonyl (C=O) groups excluding carboxylic acids is 2. The van der Waals surface area contributed by atoms with Gasteiger partial charge in [-0.05, 0) is 55.0 Å². The van der Waals surface area contributed by atoms with E-state index < -0.39 is 34.1 Å². The standard InChI is InChI=1S/C33H25Cl4N5O4S/c1-18-8-11-23(12-9-18)46-47(45)28(17-38)29(20-6-4-3-5-7-20)30-32(40-27-16-22(39-19(2)43)10-13-24(27)35)41-42(33(30)44)31-25(36)14-21(34)15-26(31)37/h3-16,28-30H,1-2H3,(H,39,43)(H,40,41). The molecule has 1 fully saturated rings. The van der Waals surface area contributed by atoms with Gasteiger partial charge in [0.2, 0.25) is 17.0 Å². The van der Waals surface area contributed by atoms with Gasteiger partial charge >= 0.3 is 0 Å². The first-order valence-electron chi connectivity index (χ1n) is 14.0. The fourth-order valence-electron chi connectivity index (χ4n) is 5.04. The Hall–Kier alpha value is -4.11. The Labute approximate surface area is 293 Å². The van der Waals surface area contributed by atoms with Crippen LogP contribution < -0.4 is 19.9 Å². The molecule has 4 aromatic rings. The van der Waals surface area contributed by atoms with E-state index in [4.69, 9.17) is 55.6 Å². The Morgan fingerprint density at radius 2 is 1.66 bits per heavy atom. The van der Waals surface area contributed by atoms with Crippen LogP contribution in [-0.4, -0.2) is 27.1 Å². The van der Waals surface area contributed by atoms with Crippen molar-refractivity contribution in [3.63, 3.8) is 0 Å². The molecule has 1 saturated heterocycles. The first-order valence-corrected chi connectivity index (χ1v) is 16.6. The van der Waals surface area contributed by atoms with E-state index in [0.29, 0.717) is 11.3 Å². The van der Waals surface area contributed by atoms with Crippen LogP contribution in [0.15, 0.2) is 89.9 Å². The fourth-order valence-corrected chi connectivity index (χ4v) is 7.23. The number of aliphatic imine (C=N–C) groups is 1. The molecule has 2 N–H and O–H groups in total. The number of nitriles is 1. The number of amidine groups is 1. The molecule has 47 heavy (non-hydrogen) atoms. The van der Waals surface area contributed by atoms with Gasteiger partial charge in [-0.15, -0.1) is 0 Å². The zero-order valence-electron chi connectivity index (χ0n) is 24.7. The average Bonchev–Trinajstić information content (AvgIpc) is 3.32. The van der Waals surface area contributed by atoms with Crippen LogP contribution in [-0.2, 0) is 20.7 Å². The maximum Gasteiger partial charge on any atom is 0.257 e. The van der Waals surface area contributed by atoms with Gasteiger partial charge in [-0.25, -0.2) is 14.2 Å². The molecule has 2 amide bonds. The van der Waals surface area contributed by atoms with Crippen molar-refractivity contribution in [3.8, 4) is 11.8 Å². The number of nitrogens with zero attached hydrogens (tertiary/aromatic N) is 3. The molecule has 0 radical (unpaired) electrons. The zero-order chi connectivity index (χ0) is 33.8. The minimum Gasteiger partial charge on any atom is -0.400 e. The summed E-state index contributed by atoms with van der Waals surface area (Å²) >= 11 is 23.5. The predicted octanol–water partition coefficient (Wildman–Crippen LogP) is 8.18. The van der Waals surface area contributed by atoms with Crippen LogP contribution in [0.25, 0.3) is 0 Å². The fraction of sp³-hybridized carbons (Fsp3) is 0.152. The summed E-state index contributed by atoms with van der Waals surface area (Å²) in [6.45, 7) is 3.25. The number of hydrogen-bond acceptors (Lipinski definition) is 6. The maximum absolute atomic E-state index is 14.5. The molecule has 9 nitrogen and oxygen atoms in total. The topological polar surface area (TPSA) is 124 Å². The van der Waals surface area contributed by atoms with Crippen LogP contribution in [0.1, 0.15) is 24.0 Å². The Balaban J connectivity index is 1.68. The van der Waals surface area contributed by atoms with Crippen molar-refractivity contribution in [1.82, 2.24) is 5.43 Å². The average molecular weight is 729 g/mol. The Kier molecular flexibility index (Phi) is 10.7. The SMILES string of the molecule is CC(=O)Nc1ccc(Cl)c(N=C2NN(c3c(Cl)cc(Cl)cc3Cl)C(=O)C2C(c2ccccc2)C(C#N)S(=O)Oc2ccc(C)cc2)c1. The van der Waals surface area contributed by atoms with Crippen molar-refractivity contribution in [2.45, 2.75) is 25.0 Å². The molecular weight excluding hydrogens is 704 g/mol. The van der Waals surface area contributed by atoms with E-state index in [1.54, 1.807) is 66.7 Å². The summed E-state index contributed by atoms with van der Waals surface area (Å²) in [6, 6.07) is 25.2. The third kappa shape index (κ3) is 7.73. The highest BCUT2D eigenvalue weighted by Gasteiger charge is 2.50. The second-order valence-electron chi connectivity index (χ2n) is 10.5. The summed E-state index contributed by atoms with van der Waals surface area (Å²) in [7, 11) is 0. The van der Waals surface area contributed by atoms with E-state index in [0.717, 1.165) is 10.6 Å². The summed E-state index contributed by atoms with van der Waals surface area (Å²) in [5, 5.41) is 13.5. The van der Waals surface area contributed by atoms with Crippen molar-refractivity contribution in [1.29, 1.82) is 5.26 Å². The molecule has 0 saturated carbocycles. The summed E-state index contributed by atoms with van der Waals surface area (Å²) < 4.78 is 19.6. The smallest absolute Gasteiger partial charge is 0.257 e. The molecule has 240 valence electrons. The second-order valence-corrected chi connectivity index (χ2v) is 13.3. The minimum atomic E-state index is -2.26. The molecule has 1 aliphatic heterocycles. The van der Waals surface area contributed by atoms with Gasteiger partial charge in [-0.1, -0.05) is 94.4 Å². The molecule has 5 rings (SSSR count). The highest BCUT2D eigenvalue weighted by molar-refractivity contribution is 7.81. The summed E-state index contributed by atoms with van der Waals surface area (Å²) in [5.41, 5.74) is 5.17. The van der Waals surface area contributed by atoms with Crippen molar-refractivity contribution in [3.05, 3.63) is 116 Å². The molecule has 1 aliphatic rings. The molecule has 4 unspecified atom stereocenters. The van der Waals surface area contributed by atoms with Crippen LogP contribution in [0.4, 0.5) is 17.1 Å². The number of rotatable bonds is 9. The number of carbonyl (C=O) groups is 2. The Bertz CT molecular complexity index is 1910. The number of anilines is 2. The molecule has 4 aromatic carbocycles. The Morgan fingerprint density at radius 1 is 1.00 bits per heavy atom. The van der Waals surface area contributed by atoms with Crippen LogP contribution in [0, 0.1) is 24.2 Å². The molecule has 0 bridgehead atoms. The largest absolute Gasteiger partial charge is 0.400 e. The lowest BCUT2D eigenvalue weighted by Crippen LogP contribution is -2.38. The van der Waals surface area contributed by atoms with E-state index in [1.165, 1.54) is 25.1 Å². The van der Waals surface area contributed by atoms with Crippen LogP contribution in [0.5, 0.6) is 5.75 Å². The lowest BCUT2D eigenvalue weighted by Gasteiger charge is -2.26. The van der Waals surface area contributed by atoms with E-state index in [1.807, 2.05) is 6.92 Å². The normalized spacial score (nSPS) is 17.0. The molecule has 1 heterocycles. The van der Waals surface area contributed by atoms with E-state index in [2.05, 4.69) is 16.8 Å². The van der Waals surface area contributed by atoms with Gasteiger partial charge in [-0.2, -0.15) is 5.26 Å². The van der Waals surface area contributed by atoms with Crippen molar-refractivity contribution >= 4 is 92.2 Å². The summed E-state index contributed by atoms with van der Waals surface area (Å²) in [6.07, 6.45) is 0. The summed E-state index contributed by atoms with van der Waals surface area (Å²) in [4.78, 5) is 31.0. The highest BCUT2D eigenvalue weighted by atomic mass is 35.5. The van der Waals surface area contributed by atoms with E-state index in [-0.39, 0.29) is 49.0 Å². The van der Waals surface area contributed by atoms with Gasteiger partial charge in [0.15, 0.2) is 5.25 Å². The van der Waals surface area contributed by atoms with Crippen molar-refractivity contribution in [2.75, 3.05) is 10.3 Å². The quantitative estimate of drug-likeness (QED) is 0.179. The van der Waals surface area contributed by atoms with Crippen LogP contribution >= 0.6 is 46.4 Å². The predicted molar refractivity (Wildman–Crippen MR) is 187 cm³/mol. The molecule has 0 aromatic heterocycles. The maximum atomic E-state index is 14.5. The monoisotopic (exact) mass is 727 g/mol. The van der Waals surface area contributed by atoms with Gasteiger partial charge in [-0.3, -0.25) is 15.0 Å². The number of halogens is 4. The minimum absolute atomic E-state index is 0.0420. The first-order chi connectivity index (χ1) is 22.5. The Morgan fingerprint density at radius 3 is 2.28 bits per heavy atom. The van der Waals surface area contributed by atoms with Gasteiger partial charge in [0.1, 0.15) is 23.2 Å². The lowest BCUT2D eigenvalue weighted by atomic mass is 9.82. The van der Waals surface area contributed by atoms with Crippen LogP contribution in [0.3, 0.4) is 0 Å². The van der Waals surface area contributed by atoms with Crippen molar-refractivity contribution in [2.24, 2.45) is 10.9 Å². The van der Waals surface area contributed by atoms with Gasteiger partial charge in [0.05, 0.1) is 26.8 Å². The summed E-state index contributed by atoms with van der Waals surface area (Å²) in [5.74, 6) is -2.91.